The molecule has 0 saturated heterocycles. The van der Waals surface area contributed by atoms with Crippen LogP contribution in [0.5, 0.6) is 5.88 Å². The number of nitrogens with zero attached hydrogens (tertiary/aromatic N) is 4. The molecule has 4 aromatic rings. The molecule has 0 aliphatic heterocycles. The van der Waals surface area contributed by atoms with Crippen molar-refractivity contribution in [1.29, 1.82) is 0 Å². The van der Waals surface area contributed by atoms with Crippen molar-refractivity contribution in [2.45, 2.75) is 13.0 Å². The van der Waals surface area contributed by atoms with Crippen LogP contribution < -0.4 is 20.7 Å². The second-order valence-electron chi connectivity index (χ2n) is 8.49. The third-order valence-corrected chi connectivity index (χ3v) is 6.11. The van der Waals surface area contributed by atoms with Gasteiger partial charge < -0.3 is 25.8 Å². The number of carbonyl (C=O) groups is 2. The summed E-state index contributed by atoms with van der Waals surface area (Å²) >= 11 is 0. The lowest BCUT2D eigenvalue weighted by molar-refractivity contribution is 0.111. The van der Waals surface area contributed by atoms with Gasteiger partial charge >= 0.3 is 0 Å². The zero-order chi connectivity index (χ0) is 29.1. The number of aliphatic hydroxyl groups is 1. The maximum Gasteiger partial charge on any atom is 0.221 e. The molecular formula is C30H32N6O4. The highest BCUT2D eigenvalue weighted by Gasteiger charge is 2.19. The van der Waals surface area contributed by atoms with Gasteiger partial charge in [-0.1, -0.05) is 36.4 Å². The Morgan fingerprint density at radius 2 is 1.77 bits per heavy atom. The third kappa shape index (κ3) is 6.86. The first kappa shape index (κ1) is 29.5. The minimum atomic E-state index is -0.350. The van der Waals surface area contributed by atoms with E-state index in [1.165, 1.54) is 6.20 Å². The van der Waals surface area contributed by atoms with Gasteiger partial charge in [-0.2, -0.15) is 4.98 Å². The lowest BCUT2D eigenvalue weighted by Gasteiger charge is -2.29. The van der Waals surface area contributed by atoms with Crippen LogP contribution in [0.4, 0.5) is 17.5 Å². The molecule has 0 unspecified atom stereocenters. The Hall–Kier alpha value is -5.09. The number of aldehydes is 2. The fourth-order valence-electron chi connectivity index (χ4n) is 4.14. The minimum Gasteiger partial charge on any atom is -0.481 e. The van der Waals surface area contributed by atoms with E-state index in [1.807, 2.05) is 79.5 Å². The maximum atomic E-state index is 12.4. The van der Waals surface area contributed by atoms with Crippen molar-refractivity contribution in [3.05, 3.63) is 95.4 Å². The van der Waals surface area contributed by atoms with Gasteiger partial charge in [0.15, 0.2) is 12.6 Å². The van der Waals surface area contributed by atoms with Gasteiger partial charge in [-0.05, 0) is 47.9 Å². The Morgan fingerprint density at radius 1 is 1.02 bits per heavy atom. The fraction of sp³-hybridized carbons (Fsp3) is 0.167. The number of hydrogen-bond donors (Lipinski definition) is 3. The molecule has 2 heterocycles. The maximum absolute atomic E-state index is 12.4. The van der Waals surface area contributed by atoms with Crippen molar-refractivity contribution in [2.75, 3.05) is 37.2 Å². The molecule has 4 rings (SSSR count). The van der Waals surface area contributed by atoms with E-state index in [4.69, 9.17) is 15.6 Å². The van der Waals surface area contributed by atoms with E-state index >= 15 is 0 Å². The summed E-state index contributed by atoms with van der Waals surface area (Å²) in [6, 6.07) is 18.8. The average molecular weight is 541 g/mol. The van der Waals surface area contributed by atoms with Crippen LogP contribution in [-0.4, -0.2) is 59.9 Å². The number of carbonyl (C=O) groups excluding carboxylic acids is 2. The molecule has 206 valence electrons. The van der Waals surface area contributed by atoms with Crippen molar-refractivity contribution >= 4 is 36.1 Å². The van der Waals surface area contributed by atoms with Gasteiger partial charge in [0.2, 0.25) is 11.8 Å². The highest BCUT2D eigenvalue weighted by Crippen LogP contribution is 2.30. The molecule has 0 aliphatic rings. The number of aromatic nitrogens is 3. The molecule has 0 radical (unpaired) electrons. The number of nitrogens with one attached hydrogen (secondary N) is 1. The summed E-state index contributed by atoms with van der Waals surface area (Å²) < 4.78 is 5.27. The van der Waals surface area contributed by atoms with Gasteiger partial charge in [-0.25, -0.2) is 9.97 Å². The number of likely N-dealkylation sites (N-methyl/N-ethyl adjacent to an activating group) is 1. The first-order valence-electron chi connectivity index (χ1n) is 12.3. The van der Waals surface area contributed by atoms with Gasteiger partial charge in [-0.3, -0.25) is 9.59 Å². The van der Waals surface area contributed by atoms with Crippen LogP contribution in [0.25, 0.3) is 17.2 Å². The zero-order valence-corrected chi connectivity index (χ0v) is 22.8. The molecule has 0 amide bonds. The molecule has 0 fully saturated rings. The first-order chi connectivity index (χ1) is 19.4. The molecule has 0 spiro atoms. The van der Waals surface area contributed by atoms with Crippen molar-refractivity contribution in [2.24, 2.45) is 0 Å². The number of rotatable bonds is 10. The summed E-state index contributed by atoms with van der Waals surface area (Å²) in [5, 5.41) is 10.3. The summed E-state index contributed by atoms with van der Waals surface area (Å²) in [4.78, 5) is 38.3. The number of nitrogen functional groups attached to an aromatic ring is 1. The second kappa shape index (κ2) is 14.2. The SMILES string of the molecule is CO.COc1cc(-c2cccc(/C=C(/[C@H](C)Nc3nc(N)ncc3C=O)N(C)c3ccccc3)c2C=O)ccn1. The molecule has 0 aliphatic carbocycles. The molecule has 10 nitrogen and oxygen atoms in total. The van der Waals surface area contributed by atoms with Crippen LogP contribution in [0, 0.1) is 0 Å². The molecular weight excluding hydrogens is 508 g/mol. The first-order valence-corrected chi connectivity index (χ1v) is 12.3. The molecule has 10 heteroatoms. The van der Waals surface area contributed by atoms with E-state index in [0.717, 1.165) is 41.5 Å². The minimum absolute atomic E-state index is 0.0518. The van der Waals surface area contributed by atoms with E-state index in [0.29, 0.717) is 23.5 Å². The Kier molecular flexibility index (Phi) is 10.4. The predicted octanol–water partition coefficient (Wildman–Crippen LogP) is 4.34. The van der Waals surface area contributed by atoms with E-state index in [1.54, 1.807) is 19.4 Å². The van der Waals surface area contributed by atoms with E-state index < -0.39 is 0 Å². The van der Waals surface area contributed by atoms with Crippen molar-refractivity contribution in [1.82, 2.24) is 15.0 Å². The summed E-state index contributed by atoms with van der Waals surface area (Å²) in [5.41, 5.74) is 10.6. The number of anilines is 3. The largest absolute Gasteiger partial charge is 0.481 e. The number of benzene rings is 2. The number of ether oxygens (including phenoxy) is 1. The van der Waals surface area contributed by atoms with Crippen LogP contribution in [0.15, 0.2) is 78.8 Å². The summed E-state index contributed by atoms with van der Waals surface area (Å²) in [5.74, 6) is 0.828. The standard InChI is InChI=1S/C29H28N6O3.CH4O/c1-19(33-28-22(17-36)16-32-29(30)34-28)26(35(2)23-9-5-4-6-10-23)14-20-8-7-11-24(25(20)18-37)21-12-13-31-27(15-21)38-3;1-2/h4-19H,1-3H3,(H3,30,32,33,34);2H,1H3/b26-14-;/t19-;/m0./s1. The van der Waals surface area contributed by atoms with Crippen molar-refractivity contribution in [3.63, 3.8) is 0 Å². The number of nitrogens with two attached hydrogens (primary N) is 1. The van der Waals surface area contributed by atoms with Gasteiger partial charge in [-0.15, -0.1) is 0 Å². The molecule has 40 heavy (non-hydrogen) atoms. The van der Waals surface area contributed by atoms with Gasteiger partial charge in [0.25, 0.3) is 0 Å². The topological polar surface area (TPSA) is 144 Å². The van der Waals surface area contributed by atoms with Crippen molar-refractivity contribution in [3.8, 4) is 17.0 Å². The Morgan fingerprint density at radius 3 is 2.45 bits per heavy atom. The van der Waals surface area contributed by atoms with Crippen LogP contribution in [0.2, 0.25) is 0 Å². The van der Waals surface area contributed by atoms with Crippen LogP contribution >= 0.6 is 0 Å². The number of aliphatic hydroxyl groups excluding tert-OH is 1. The van der Waals surface area contributed by atoms with Crippen LogP contribution in [0.3, 0.4) is 0 Å². The number of hydrogen-bond acceptors (Lipinski definition) is 10. The van der Waals surface area contributed by atoms with Crippen LogP contribution in [0.1, 0.15) is 33.2 Å². The van der Waals surface area contributed by atoms with E-state index in [2.05, 4.69) is 20.3 Å². The quantitative estimate of drug-likeness (QED) is 0.249. The van der Waals surface area contributed by atoms with Gasteiger partial charge in [0.05, 0.1) is 18.7 Å². The zero-order valence-electron chi connectivity index (χ0n) is 22.8. The van der Waals surface area contributed by atoms with Gasteiger partial charge in [0.1, 0.15) is 5.82 Å². The highest BCUT2D eigenvalue weighted by molar-refractivity contribution is 5.93. The molecule has 2 aromatic carbocycles. The fourth-order valence-corrected chi connectivity index (χ4v) is 4.14. The summed E-state index contributed by atoms with van der Waals surface area (Å²) in [6.45, 7) is 1.94. The highest BCUT2D eigenvalue weighted by atomic mass is 16.5. The molecule has 0 bridgehead atoms. The third-order valence-electron chi connectivity index (χ3n) is 6.11. The predicted molar refractivity (Wildman–Crippen MR) is 157 cm³/mol. The molecule has 2 aromatic heterocycles. The Bertz CT molecular complexity index is 1480. The number of methoxy groups -OCH3 is 1. The molecule has 4 N–H and O–H groups in total. The second-order valence-corrected chi connectivity index (χ2v) is 8.49. The van der Waals surface area contributed by atoms with Gasteiger partial charge in [0, 0.05) is 49.6 Å². The Balaban J connectivity index is 0.00000216. The van der Waals surface area contributed by atoms with E-state index in [-0.39, 0.29) is 17.6 Å². The average Bonchev–Trinajstić information content (AvgIpc) is 3.00. The Labute approximate surface area is 233 Å². The summed E-state index contributed by atoms with van der Waals surface area (Å²) in [7, 11) is 4.49. The van der Waals surface area contributed by atoms with Crippen molar-refractivity contribution < 1.29 is 19.4 Å². The normalized spacial score (nSPS) is 11.5. The summed E-state index contributed by atoms with van der Waals surface area (Å²) in [6.07, 6.45) is 6.49. The number of pyridine rings is 1. The van der Waals surface area contributed by atoms with E-state index in [9.17, 15) is 9.59 Å². The monoisotopic (exact) mass is 540 g/mol. The smallest absolute Gasteiger partial charge is 0.221 e. The number of para-hydroxylation sites is 1. The lowest BCUT2D eigenvalue weighted by atomic mass is 9.95. The molecule has 1 atom stereocenters. The lowest BCUT2D eigenvalue weighted by Crippen LogP contribution is -2.30. The van der Waals surface area contributed by atoms with Crippen LogP contribution in [-0.2, 0) is 0 Å². The molecule has 0 saturated carbocycles.